The normalized spacial score (nSPS) is 15.3. The van der Waals surface area contributed by atoms with Gasteiger partial charge in [0.05, 0.1) is 5.57 Å². The minimum Gasteiger partial charge on any atom is -0.365 e. The van der Waals surface area contributed by atoms with E-state index in [1.807, 2.05) is 11.5 Å². The topological polar surface area (TPSA) is 43.1 Å². The van der Waals surface area contributed by atoms with Gasteiger partial charge in [0.25, 0.3) is 5.91 Å². The summed E-state index contributed by atoms with van der Waals surface area (Å²) in [5, 5.41) is 0. The lowest BCUT2D eigenvalue weighted by molar-refractivity contribution is -0.114. The molecule has 0 saturated heterocycles. The molecule has 0 radical (unpaired) electrons. The second-order valence-corrected chi connectivity index (χ2v) is 2.27. The molecule has 1 amide bonds. The van der Waals surface area contributed by atoms with E-state index >= 15 is 0 Å². The van der Waals surface area contributed by atoms with Gasteiger partial charge in [-0.25, -0.2) is 0 Å². The van der Waals surface area contributed by atoms with Crippen molar-refractivity contribution < 1.29 is 18.0 Å². The van der Waals surface area contributed by atoms with Gasteiger partial charge in [0.15, 0.2) is 0 Å². The number of hydrogen-bond donors (Lipinski definition) is 1. The molecule has 0 aromatic carbocycles. The van der Waals surface area contributed by atoms with Crippen LogP contribution >= 0.6 is 0 Å². The van der Waals surface area contributed by atoms with E-state index < -0.39 is 17.7 Å². The van der Waals surface area contributed by atoms with Crippen LogP contribution in [0, 0.1) is 0 Å². The smallest absolute Gasteiger partial charge is 0.365 e. The zero-order valence-corrected chi connectivity index (χ0v) is 6.27. The number of halogens is 3. The molecule has 0 unspecified atom stereocenters. The lowest BCUT2D eigenvalue weighted by Gasteiger charge is -2.05. The van der Waals surface area contributed by atoms with Gasteiger partial charge in [-0.1, -0.05) is 11.5 Å². The maximum Gasteiger partial charge on any atom is 0.424 e. The summed E-state index contributed by atoms with van der Waals surface area (Å²) in [6.45, 7) is 0. The van der Waals surface area contributed by atoms with Crippen molar-refractivity contribution in [3.05, 3.63) is 34.8 Å². The monoisotopic (exact) mass is 187 g/mol. The number of allylic oxidation sites excluding steroid dienone is 2. The average Bonchev–Trinajstić information content (AvgIpc) is 2.03. The van der Waals surface area contributed by atoms with Crippen LogP contribution in [-0.4, -0.2) is 12.1 Å². The van der Waals surface area contributed by atoms with Crippen LogP contribution in [0.3, 0.4) is 0 Å². The van der Waals surface area contributed by atoms with Crippen molar-refractivity contribution in [2.75, 3.05) is 0 Å². The number of rotatable bonds is 1. The van der Waals surface area contributed by atoms with Gasteiger partial charge in [0, 0.05) is 0 Å². The molecule has 0 fully saturated rings. The quantitative estimate of drug-likeness (QED) is 0.616. The number of nitrogens with two attached hydrogens (primary N) is 1. The van der Waals surface area contributed by atoms with Gasteiger partial charge in [0.1, 0.15) is 5.57 Å². The van der Waals surface area contributed by atoms with E-state index in [4.69, 9.17) is 5.73 Å². The van der Waals surface area contributed by atoms with Gasteiger partial charge in [0.2, 0.25) is 0 Å². The van der Waals surface area contributed by atoms with Gasteiger partial charge in [-0.3, -0.25) is 4.79 Å². The van der Waals surface area contributed by atoms with Crippen LogP contribution in [-0.2, 0) is 4.79 Å². The lowest BCUT2D eigenvalue weighted by atomic mass is 10.1. The number of carbonyl (C=O) groups is 1. The Morgan fingerprint density at radius 1 is 1.31 bits per heavy atom. The molecule has 0 aliphatic heterocycles. The molecule has 1 rings (SSSR count). The highest BCUT2D eigenvalue weighted by Crippen LogP contribution is 2.26. The molecule has 2 nitrogen and oxygen atoms in total. The molecular formula is C8H4F3NO. The largest absolute Gasteiger partial charge is 0.424 e. The molecule has 68 valence electrons. The molecule has 0 atom stereocenters. The second kappa shape index (κ2) is 2.98. The van der Waals surface area contributed by atoms with Crippen molar-refractivity contribution in [3.8, 4) is 0 Å². The molecule has 0 heterocycles. The van der Waals surface area contributed by atoms with Gasteiger partial charge in [-0.2, -0.15) is 13.2 Å². The Labute approximate surface area is 71.5 Å². The summed E-state index contributed by atoms with van der Waals surface area (Å²) in [6.07, 6.45) is -2.77. The highest BCUT2D eigenvalue weighted by Gasteiger charge is 2.32. The predicted octanol–water partition coefficient (Wildman–Crippen LogP) is 1.21. The van der Waals surface area contributed by atoms with Crippen molar-refractivity contribution in [2.24, 2.45) is 5.73 Å². The van der Waals surface area contributed by atoms with Gasteiger partial charge in [-0.05, 0) is 12.2 Å². The van der Waals surface area contributed by atoms with E-state index in [9.17, 15) is 18.0 Å². The third kappa shape index (κ3) is 2.12. The van der Waals surface area contributed by atoms with Crippen LogP contribution in [0.25, 0.3) is 0 Å². The number of hydrogen-bond acceptors (Lipinski definition) is 1. The Balaban J connectivity index is 3.18. The SMILES string of the molecule is NC(=O)C1=C=C=C(C(F)(F)F)C=C1. The Hall–Kier alpha value is -1.70. The highest BCUT2D eigenvalue weighted by atomic mass is 19.4. The molecule has 1 aliphatic rings. The zero-order chi connectivity index (χ0) is 10.1. The third-order valence-electron chi connectivity index (χ3n) is 1.32. The fourth-order valence-corrected chi connectivity index (χ4v) is 0.694. The Morgan fingerprint density at radius 2 is 1.92 bits per heavy atom. The Bertz CT molecular complexity index is 377. The first-order chi connectivity index (χ1) is 5.91. The summed E-state index contributed by atoms with van der Waals surface area (Å²) >= 11 is 0. The van der Waals surface area contributed by atoms with Crippen molar-refractivity contribution in [1.29, 1.82) is 0 Å². The van der Waals surface area contributed by atoms with Crippen LogP contribution in [0.4, 0.5) is 13.2 Å². The van der Waals surface area contributed by atoms with E-state index in [0.717, 1.165) is 12.2 Å². The molecule has 5 heteroatoms. The summed E-state index contributed by atoms with van der Waals surface area (Å²) in [5.74, 6) is -0.829. The molecule has 1 aliphatic carbocycles. The zero-order valence-electron chi connectivity index (χ0n) is 6.27. The maximum atomic E-state index is 12.0. The van der Waals surface area contributed by atoms with Crippen LogP contribution in [0.5, 0.6) is 0 Å². The summed E-state index contributed by atoms with van der Waals surface area (Å²) in [7, 11) is 0. The number of amides is 1. The summed E-state index contributed by atoms with van der Waals surface area (Å²) in [6, 6.07) is 0. The van der Waals surface area contributed by atoms with Gasteiger partial charge >= 0.3 is 6.18 Å². The minimum absolute atomic E-state index is 0.118. The van der Waals surface area contributed by atoms with Crippen LogP contribution in [0.2, 0.25) is 0 Å². The molecule has 0 spiro atoms. The van der Waals surface area contributed by atoms with E-state index in [1.54, 1.807) is 0 Å². The van der Waals surface area contributed by atoms with Crippen molar-refractivity contribution >= 4 is 5.91 Å². The molecule has 2 N–H and O–H groups in total. The van der Waals surface area contributed by atoms with E-state index in [1.165, 1.54) is 0 Å². The van der Waals surface area contributed by atoms with E-state index in [2.05, 4.69) is 0 Å². The van der Waals surface area contributed by atoms with E-state index in [-0.39, 0.29) is 5.57 Å². The number of alkyl halides is 3. The van der Waals surface area contributed by atoms with Crippen LogP contribution in [0.1, 0.15) is 0 Å². The summed E-state index contributed by atoms with van der Waals surface area (Å²) in [5.41, 5.74) is 7.54. The van der Waals surface area contributed by atoms with Crippen LogP contribution in [0.15, 0.2) is 34.8 Å². The number of primary amides is 1. The highest BCUT2D eigenvalue weighted by molar-refractivity contribution is 5.94. The summed E-state index contributed by atoms with van der Waals surface area (Å²) in [4.78, 5) is 10.5. The standard InChI is InChI=1S/C8H4F3NO/c9-8(10,11)6-3-1-5(2-4-6)7(12)13/h1,3H,(H2,12,13). The maximum absolute atomic E-state index is 12.0. The first kappa shape index (κ1) is 9.39. The first-order valence-electron chi connectivity index (χ1n) is 3.22. The molecular weight excluding hydrogens is 183 g/mol. The average molecular weight is 187 g/mol. The van der Waals surface area contributed by atoms with Gasteiger partial charge in [-0.15, -0.1) is 0 Å². The molecule has 0 bridgehead atoms. The van der Waals surface area contributed by atoms with Crippen LogP contribution < -0.4 is 5.73 Å². The lowest BCUT2D eigenvalue weighted by Crippen LogP contribution is -2.14. The van der Waals surface area contributed by atoms with Gasteiger partial charge < -0.3 is 5.73 Å². The molecule has 13 heavy (non-hydrogen) atoms. The second-order valence-electron chi connectivity index (χ2n) is 2.27. The fraction of sp³-hybridized carbons (Fsp3) is 0.125. The van der Waals surface area contributed by atoms with Crippen molar-refractivity contribution in [2.45, 2.75) is 6.18 Å². The predicted molar refractivity (Wildman–Crippen MR) is 38.4 cm³/mol. The Morgan fingerprint density at radius 3 is 2.23 bits per heavy atom. The van der Waals surface area contributed by atoms with Crippen molar-refractivity contribution in [3.63, 3.8) is 0 Å². The third-order valence-corrected chi connectivity index (χ3v) is 1.32. The Kier molecular flexibility index (Phi) is 2.15. The summed E-state index contributed by atoms with van der Waals surface area (Å²) < 4.78 is 35.9. The molecule has 0 aromatic heterocycles. The van der Waals surface area contributed by atoms with E-state index in [0.29, 0.717) is 0 Å². The fourth-order valence-electron chi connectivity index (χ4n) is 0.694. The minimum atomic E-state index is -4.47. The molecule has 0 saturated carbocycles. The van der Waals surface area contributed by atoms with Crippen molar-refractivity contribution in [1.82, 2.24) is 0 Å². The molecule has 0 aromatic rings. The number of carbonyl (C=O) groups excluding carboxylic acids is 1. The first-order valence-corrected chi connectivity index (χ1v) is 3.22.